The highest BCUT2D eigenvalue weighted by atomic mass is 35.5. The van der Waals surface area contributed by atoms with Crippen LogP contribution in [0.25, 0.3) is 11.2 Å². The van der Waals surface area contributed by atoms with Crippen molar-refractivity contribution in [2.24, 2.45) is 5.41 Å². The first-order valence-electron chi connectivity index (χ1n) is 5.65. The van der Waals surface area contributed by atoms with Crippen molar-refractivity contribution in [2.45, 2.75) is 41.2 Å². The normalized spacial score (nSPS) is 12.4. The molecule has 2 heterocycles. The molecular weight excluding hydrogens is 236 g/mol. The fourth-order valence-electron chi connectivity index (χ4n) is 1.87. The fourth-order valence-corrected chi connectivity index (χ4v) is 2.18. The SMILES string of the molecule is Cc1nc(Cl)c2c(n1)nc(C)n2CC(C)(C)C. The Balaban J connectivity index is 2.67. The van der Waals surface area contributed by atoms with Crippen LogP contribution in [0.5, 0.6) is 0 Å². The largest absolute Gasteiger partial charge is 0.324 e. The Morgan fingerprint density at radius 3 is 2.35 bits per heavy atom. The van der Waals surface area contributed by atoms with E-state index in [1.807, 2.05) is 13.8 Å². The van der Waals surface area contributed by atoms with Crippen molar-refractivity contribution < 1.29 is 0 Å². The van der Waals surface area contributed by atoms with Crippen LogP contribution < -0.4 is 0 Å². The van der Waals surface area contributed by atoms with E-state index in [0.29, 0.717) is 16.6 Å². The zero-order valence-electron chi connectivity index (χ0n) is 10.9. The van der Waals surface area contributed by atoms with Crippen LogP contribution in [0.4, 0.5) is 0 Å². The second-order valence-corrected chi connectivity index (χ2v) is 5.90. The Labute approximate surface area is 106 Å². The van der Waals surface area contributed by atoms with E-state index in [4.69, 9.17) is 11.6 Å². The summed E-state index contributed by atoms with van der Waals surface area (Å²) in [5.41, 5.74) is 1.68. The second kappa shape index (κ2) is 3.95. The van der Waals surface area contributed by atoms with E-state index in [1.54, 1.807) is 0 Å². The summed E-state index contributed by atoms with van der Waals surface area (Å²) in [4.78, 5) is 13.0. The molecule has 0 aliphatic heterocycles. The third kappa shape index (κ3) is 2.41. The maximum atomic E-state index is 6.20. The summed E-state index contributed by atoms with van der Waals surface area (Å²) >= 11 is 6.20. The number of rotatable bonds is 1. The predicted molar refractivity (Wildman–Crippen MR) is 69.3 cm³/mol. The number of nitrogens with zero attached hydrogens (tertiary/aromatic N) is 4. The average Bonchev–Trinajstić information content (AvgIpc) is 2.39. The van der Waals surface area contributed by atoms with Gasteiger partial charge >= 0.3 is 0 Å². The van der Waals surface area contributed by atoms with Gasteiger partial charge in [0, 0.05) is 6.54 Å². The van der Waals surface area contributed by atoms with E-state index in [1.165, 1.54) is 0 Å². The highest BCUT2D eigenvalue weighted by molar-refractivity contribution is 6.33. The summed E-state index contributed by atoms with van der Waals surface area (Å²) in [5, 5.41) is 0.484. The number of aromatic nitrogens is 4. The Kier molecular flexibility index (Phi) is 2.86. The van der Waals surface area contributed by atoms with Gasteiger partial charge in [-0.25, -0.2) is 15.0 Å². The summed E-state index contributed by atoms with van der Waals surface area (Å²) in [5.74, 6) is 1.58. The molecule has 92 valence electrons. The van der Waals surface area contributed by atoms with Gasteiger partial charge in [0.2, 0.25) is 0 Å². The van der Waals surface area contributed by atoms with Gasteiger partial charge in [-0.15, -0.1) is 0 Å². The molecule has 0 radical (unpaired) electrons. The minimum atomic E-state index is 0.159. The van der Waals surface area contributed by atoms with E-state index in [2.05, 4.69) is 40.3 Å². The van der Waals surface area contributed by atoms with E-state index in [-0.39, 0.29) is 5.41 Å². The van der Waals surface area contributed by atoms with Crippen molar-refractivity contribution in [3.05, 3.63) is 16.8 Å². The lowest BCUT2D eigenvalue weighted by Crippen LogP contribution is -2.16. The zero-order valence-corrected chi connectivity index (χ0v) is 11.6. The minimum Gasteiger partial charge on any atom is -0.324 e. The molecule has 0 aromatic carbocycles. The van der Waals surface area contributed by atoms with Crippen molar-refractivity contribution in [3.8, 4) is 0 Å². The molecule has 2 aromatic heterocycles. The summed E-state index contributed by atoms with van der Waals surface area (Å²) in [6, 6.07) is 0. The van der Waals surface area contributed by atoms with Crippen molar-refractivity contribution in [1.29, 1.82) is 0 Å². The Bertz CT molecular complexity index is 566. The first-order chi connectivity index (χ1) is 7.78. The van der Waals surface area contributed by atoms with E-state index in [0.717, 1.165) is 17.9 Å². The van der Waals surface area contributed by atoms with E-state index < -0.39 is 0 Å². The van der Waals surface area contributed by atoms with Gasteiger partial charge in [0.25, 0.3) is 0 Å². The molecule has 0 saturated carbocycles. The van der Waals surface area contributed by atoms with Gasteiger partial charge in [0.05, 0.1) is 0 Å². The van der Waals surface area contributed by atoms with E-state index in [9.17, 15) is 0 Å². The molecule has 0 bridgehead atoms. The lowest BCUT2D eigenvalue weighted by atomic mass is 9.97. The predicted octanol–water partition coefficient (Wildman–Crippen LogP) is 3.14. The number of fused-ring (bicyclic) bond motifs is 1. The molecule has 0 atom stereocenters. The third-order valence-corrected chi connectivity index (χ3v) is 2.76. The monoisotopic (exact) mass is 252 g/mol. The average molecular weight is 253 g/mol. The quantitative estimate of drug-likeness (QED) is 0.733. The minimum absolute atomic E-state index is 0.159. The molecule has 0 unspecified atom stereocenters. The van der Waals surface area contributed by atoms with Crippen molar-refractivity contribution >= 4 is 22.8 Å². The van der Waals surface area contributed by atoms with Crippen LogP contribution in [0.15, 0.2) is 0 Å². The molecule has 0 N–H and O–H groups in total. The smallest absolute Gasteiger partial charge is 0.182 e. The van der Waals surface area contributed by atoms with Gasteiger partial charge < -0.3 is 4.57 Å². The third-order valence-electron chi connectivity index (χ3n) is 2.50. The van der Waals surface area contributed by atoms with Crippen LogP contribution in [0.3, 0.4) is 0 Å². The Morgan fingerprint density at radius 2 is 1.76 bits per heavy atom. The number of hydrogen-bond donors (Lipinski definition) is 0. The van der Waals surface area contributed by atoms with Crippen LogP contribution in [0.1, 0.15) is 32.4 Å². The molecule has 0 amide bonds. The summed E-state index contributed by atoms with van der Waals surface area (Å²) in [6.45, 7) is 11.2. The Hall–Kier alpha value is -1.16. The van der Waals surface area contributed by atoms with Gasteiger partial charge in [-0.05, 0) is 19.3 Å². The van der Waals surface area contributed by atoms with Gasteiger partial charge in [0.15, 0.2) is 10.8 Å². The first-order valence-corrected chi connectivity index (χ1v) is 6.03. The number of halogens is 1. The molecule has 2 aromatic rings. The zero-order chi connectivity index (χ0) is 12.8. The van der Waals surface area contributed by atoms with Crippen LogP contribution in [0, 0.1) is 19.3 Å². The van der Waals surface area contributed by atoms with Crippen LogP contribution in [-0.4, -0.2) is 19.5 Å². The van der Waals surface area contributed by atoms with Gasteiger partial charge in [-0.2, -0.15) is 0 Å². The first kappa shape index (κ1) is 12.3. The molecule has 0 aliphatic rings. The molecule has 4 nitrogen and oxygen atoms in total. The van der Waals surface area contributed by atoms with Crippen molar-refractivity contribution in [1.82, 2.24) is 19.5 Å². The molecule has 0 aliphatic carbocycles. The number of aryl methyl sites for hydroxylation is 2. The molecule has 5 heteroatoms. The lowest BCUT2D eigenvalue weighted by molar-refractivity contribution is 0.345. The highest BCUT2D eigenvalue weighted by Gasteiger charge is 2.19. The highest BCUT2D eigenvalue weighted by Crippen LogP contribution is 2.26. The summed E-state index contributed by atoms with van der Waals surface area (Å²) in [7, 11) is 0. The van der Waals surface area contributed by atoms with Gasteiger partial charge in [-0.3, -0.25) is 0 Å². The topological polar surface area (TPSA) is 43.6 Å². The molecule has 0 fully saturated rings. The molecular formula is C12H17ClN4. The van der Waals surface area contributed by atoms with Crippen LogP contribution in [-0.2, 0) is 6.54 Å². The summed E-state index contributed by atoms with van der Waals surface area (Å²) < 4.78 is 2.09. The fraction of sp³-hybridized carbons (Fsp3) is 0.583. The second-order valence-electron chi connectivity index (χ2n) is 5.54. The van der Waals surface area contributed by atoms with Gasteiger partial charge in [-0.1, -0.05) is 32.4 Å². The van der Waals surface area contributed by atoms with E-state index >= 15 is 0 Å². The lowest BCUT2D eigenvalue weighted by Gasteiger charge is -2.20. The number of imidazole rings is 1. The van der Waals surface area contributed by atoms with Crippen molar-refractivity contribution in [3.63, 3.8) is 0 Å². The van der Waals surface area contributed by atoms with Crippen LogP contribution >= 0.6 is 11.6 Å². The molecule has 17 heavy (non-hydrogen) atoms. The molecule has 0 saturated heterocycles. The maximum absolute atomic E-state index is 6.20. The maximum Gasteiger partial charge on any atom is 0.182 e. The van der Waals surface area contributed by atoms with Crippen LogP contribution in [0.2, 0.25) is 5.15 Å². The number of hydrogen-bond acceptors (Lipinski definition) is 3. The Morgan fingerprint density at radius 1 is 1.12 bits per heavy atom. The van der Waals surface area contributed by atoms with Crippen molar-refractivity contribution in [2.75, 3.05) is 0 Å². The molecule has 2 rings (SSSR count). The summed E-state index contributed by atoms with van der Waals surface area (Å²) in [6.07, 6.45) is 0. The standard InChI is InChI=1S/C12H17ClN4/c1-7-14-10(13)9-11(15-7)16-8(2)17(9)6-12(3,4)5/h6H2,1-5H3. The van der Waals surface area contributed by atoms with Gasteiger partial charge in [0.1, 0.15) is 17.2 Å². The molecule has 0 spiro atoms.